The van der Waals surface area contributed by atoms with E-state index in [0.29, 0.717) is 11.6 Å². The fraction of sp³-hybridized carbons (Fsp3) is 0.0928. The summed E-state index contributed by atoms with van der Waals surface area (Å²) >= 11 is 0. The van der Waals surface area contributed by atoms with E-state index in [9.17, 15) is 9.59 Å². The molecule has 0 bridgehead atoms. The fourth-order valence-electron chi connectivity index (χ4n) is 13.9. The molecule has 0 fully saturated rings. The second-order valence-electron chi connectivity index (χ2n) is 28.7. The Morgan fingerprint density at radius 1 is 0.287 bits per heavy atom. The Labute approximate surface area is 642 Å². The number of para-hydroxylation sites is 4. The molecule has 0 aliphatic rings. The van der Waals surface area contributed by atoms with Crippen LogP contribution in [0, 0.1) is 23.0 Å². The van der Waals surface area contributed by atoms with Crippen molar-refractivity contribution in [3.05, 3.63) is 340 Å². The minimum atomic E-state index is -0.402. The summed E-state index contributed by atoms with van der Waals surface area (Å²) in [6, 6.07) is 120. The number of rotatable bonds is 14. The molecule has 0 saturated carbocycles. The van der Waals surface area contributed by atoms with Gasteiger partial charge in [-0.1, -0.05) is 260 Å². The van der Waals surface area contributed by atoms with E-state index < -0.39 is 10.8 Å². The van der Waals surface area contributed by atoms with Gasteiger partial charge in [0.15, 0.2) is 0 Å². The summed E-state index contributed by atoms with van der Waals surface area (Å²) in [6.45, 7) is 11.0. The zero-order chi connectivity index (χ0) is 73.2. The number of aromatic nitrogens is 6. The monoisotopic (exact) mass is 1580 g/mol. The molecule has 4 aromatic heterocycles. The molecule has 14 aromatic carbocycles. The molecule has 4 heterocycles. The first-order valence-electron chi connectivity index (χ1n) is 36.0. The van der Waals surface area contributed by atoms with Crippen LogP contribution in [0.3, 0.4) is 0 Å². The SMILES string of the molecule is CC(C)(C)C(=O)CC(=O)C(C)(C)C.[Ir].[c-]1ccc(N(c2ccccc2)c2ccccc2)cc1-c1nc2ccc3c(-c4ccccc4)nc(-c4ccccc4)c4ccc(n1)c2c34.[c-]1ccc(N(c2ccccc2)c2ccccc2)cc1-c1nc2ccc3c(-c4ccccc4)nc(-c4ccccc4)c4ccc(n1)c2c34. The average molecular weight is 1580 g/mol. The third-order valence-corrected chi connectivity index (χ3v) is 19.4. The quantitative estimate of drug-likeness (QED) is 0.0592. The third-order valence-electron chi connectivity index (χ3n) is 19.4. The summed E-state index contributed by atoms with van der Waals surface area (Å²) in [6.07, 6.45) is 0.0625. The van der Waals surface area contributed by atoms with E-state index in [-0.39, 0.29) is 38.1 Å². The molecule has 0 spiro atoms. The fourth-order valence-corrected chi connectivity index (χ4v) is 13.9. The van der Waals surface area contributed by atoms with Crippen molar-refractivity contribution in [3.63, 3.8) is 0 Å². The van der Waals surface area contributed by atoms with Crippen LogP contribution in [0.15, 0.2) is 328 Å². The molecule has 525 valence electrons. The Morgan fingerprint density at radius 3 is 0.769 bits per heavy atom. The van der Waals surface area contributed by atoms with Crippen molar-refractivity contribution < 1.29 is 29.7 Å². The van der Waals surface area contributed by atoms with Gasteiger partial charge in [0, 0.05) is 119 Å². The van der Waals surface area contributed by atoms with Gasteiger partial charge >= 0.3 is 0 Å². The van der Waals surface area contributed by atoms with E-state index in [2.05, 4.69) is 289 Å². The minimum Gasteiger partial charge on any atom is -0.328 e. The van der Waals surface area contributed by atoms with Crippen molar-refractivity contribution in [3.8, 4) is 67.8 Å². The van der Waals surface area contributed by atoms with Gasteiger partial charge in [-0.05, 0) is 84.2 Å². The van der Waals surface area contributed by atoms with Gasteiger partial charge in [0.2, 0.25) is 0 Å². The zero-order valence-electron chi connectivity index (χ0n) is 60.6. The van der Waals surface area contributed by atoms with Crippen molar-refractivity contribution in [2.45, 2.75) is 48.0 Å². The van der Waals surface area contributed by atoms with Gasteiger partial charge in [-0.3, -0.25) is 29.5 Å². The molecule has 0 aliphatic carbocycles. The number of nitrogens with zero attached hydrogens (tertiary/aromatic N) is 8. The van der Waals surface area contributed by atoms with E-state index in [1.807, 2.05) is 102 Å². The standard InChI is InChI=1S/2C43H27N4.C11H20O2.Ir/c2*1-5-14-29(15-6-1)41-35-24-26-37-40-38(27-25-36(39(35)40)42(46-41)30-16-7-2-8-17-30)45-43(44-37)31-18-13-23-34(28-31)47(32-19-9-3-10-20-32)33-21-11-4-12-22-33;1-10(2,3)8(12)7-9(13)11(4,5)6;/h2*1-17,19-28H;7H2,1-6H3;/q2*-1;;. The first-order valence-corrected chi connectivity index (χ1v) is 36.0. The number of pyridine rings is 2. The van der Waals surface area contributed by atoms with Crippen molar-refractivity contribution in [1.29, 1.82) is 0 Å². The number of Topliss-reactive ketones (excluding diaryl/α,β-unsaturated/α-hetero) is 2. The largest absolute Gasteiger partial charge is 0.328 e. The molecule has 0 aliphatic heterocycles. The van der Waals surface area contributed by atoms with Gasteiger partial charge in [0.05, 0.1) is 62.9 Å². The van der Waals surface area contributed by atoms with Crippen LogP contribution in [-0.4, -0.2) is 41.5 Å². The molecule has 0 unspecified atom stereocenters. The molecule has 0 amide bonds. The van der Waals surface area contributed by atoms with Gasteiger partial charge < -0.3 is 9.80 Å². The summed E-state index contributed by atoms with van der Waals surface area (Å²) in [5.41, 5.74) is 18.9. The number of carbonyl (C=O) groups excluding carboxylic acids is 2. The van der Waals surface area contributed by atoms with Crippen LogP contribution < -0.4 is 9.80 Å². The van der Waals surface area contributed by atoms with E-state index in [4.69, 9.17) is 29.9 Å². The van der Waals surface area contributed by atoms with Gasteiger partial charge in [0.25, 0.3) is 0 Å². The average Bonchev–Trinajstić information content (AvgIpc) is 0.724. The van der Waals surface area contributed by atoms with Crippen LogP contribution in [0.4, 0.5) is 34.1 Å². The Balaban J connectivity index is 0.000000147. The first-order chi connectivity index (χ1) is 52.2. The van der Waals surface area contributed by atoms with E-state index in [1.54, 1.807) is 0 Å². The summed E-state index contributed by atoms with van der Waals surface area (Å²) in [5, 5.41) is 8.74. The van der Waals surface area contributed by atoms with Crippen molar-refractivity contribution in [2.24, 2.45) is 10.8 Å². The third kappa shape index (κ3) is 14.3. The van der Waals surface area contributed by atoms with Crippen molar-refractivity contribution in [2.75, 3.05) is 9.80 Å². The van der Waals surface area contributed by atoms with Crippen LogP contribution in [0.2, 0.25) is 0 Å². The molecule has 18 aromatic rings. The second kappa shape index (κ2) is 30.4. The maximum absolute atomic E-state index is 11.5. The number of hydrogen-bond acceptors (Lipinski definition) is 10. The smallest absolute Gasteiger partial charge is 0.145 e. The molecule has 11 heteroatoms. The van der Waals surface area contributed by atoms with Crippen molar-refractivity contribution >= 4 is 111 Å². The zero-order valence-corrected chi connectivity index (χ0v) is 63.0. The Hall–Kier alpha value is -12.8. The van der Waals surface area contributed by atoms with Gasteiger partial charge in [-0.2, -0.15) is 0 Å². The van der Waals surface area contributed by atoms with Gasteiger partial charge in [0.1, 0.15) is 11.6 Å². The first kappa shape index (κ1) is 70.9. The Kier molecular flexibility index (Phi) is 19.9. The molecule has 18 rings (SSSR count). The van der Waals surface area contributed by atoms with Gasteiger partial charge in [-0.25, -0.2) is 9.97 Å². The van der Waals surface area contributed by atoms with E-state index >= 15 is 0 Å². The van der Waals surface area contributed by atoms with Crippen LogP contribution in [0.25, 0.3) is 133 Å². The molecule has 0 atom stereocenters. The van der Waals surface area contributed by atoms with Crippen LogP contribution in [0.1, 0.15) is 48.0 Å². The predicted octanol–water partition coefficient (Wildman–Crippen LogP) is 24.7. The van der Waals surface area contributed by atoms with Crippen LogP contribution in [0.5, 0.6) is 0 Å². The number of carbonyl (C=O) groups is 2. The molecular weight excluding hydrogens is 1500 g/mol. The van der Waals surface area contributed by atoms with Crippen LogP contribution >= 0.6 is 0 Å². The normalized spacial score (nSPS) is 11.5. The molecule has 0 saturated heterocycles. The maximum Gasteiger partial charge on any atom is 0.145 e. The Bertz CT molecular complexity index is 5530. The van der Waals surface area contributed by atoms with Crippen molar-refractivity contribution in [1.82, 2.24) is 29.9 Å². The molecule has 1 radical (unpaired) electrons. The number of benzene rings is 14. The summed E-state index contributed by atoms with van der Waals surface area (Å²) in [5.74, 6) is 1.33. The molecule has 108 heavy (non-hydrogen) atoms. The maximum atomic E-state index is 11.5. The van der Waals surface area contributed by atoms with E-state index in [0.717, 1.165) is 155 Å². The number of hydrogen-bond donors (Lipinski definition) is 0. The van der Waals surface area contributed by atoms with Gasteiger partial charge in [-0.15, -0.1) is 59.7 Å². The summed E-state index contributed by atoms with van der Waals surface area (Å²) in [7, 11) is 0. The Morgan fingerprint density at radius 2 is 0.528 bits per heavy atom. The molecule has 0 N–H and O–H groups in total. The summed E-state index contributed by atoms with van der Waals surface area (Å²) < 4.78 is 0. The summed E-state index contributed by atoms with van der Waals surface area (Å²) in [4.78, 5) is 58.7. The predicted molar refractivity (Wildman–Crippen MR) is 440 cm³/mol. The topological polar surface area (TPSA) is 118 Å². The minimum absolute atomic E-state index is 0. The number of anilines is 6. The number of ketones is 2. The van der Waals surface area contributed by atoms with Crippen LogP contribution in [-0.2, 0) is 29.7 Å². The van der Waals surface area contributed by atoms with E-state index in [1.165, 1.54) is 0 Å². The molecular formula is C97H74IrN8O2-2. The molecule has 10 nitrogen and oxygen atoms in total. The second-order valence-corrected chi connectivity index (χ2v) is 28.7.